The fourth-order valence-electron chi connectivity index (χ4n) is 7.14. The summed E-state index contributed by atoms with van der Waals surface area (Å²) in [4.78, 5) is 41.8. The first kappa shape index (κ1) is 28.6. The minimum atomic E-state index is -1.33. The van der Waals surface area contributed by atoms with Crippen LogP contribution < -0.4 is 5.32 Å². The number of hydrogen-bond donors (Lipinski definition) is 1. The van der Waals surface area contributed by atoms with E-state index >= 15 is 0 Å². The van der Waals surface area contributed by atoms with Gasteiger partial charge in [-0.2, -0.15) is 0 Å². The molecule has 0 unspecified atom stereocenters. The molecule has 1 heterocycles. The molecular weight excluding hydrogens is 671 g/mol. The summed E-state index contributed by atoms with van der Waals surface area (Å²) in [5, 5.41) is 3.39. The van der Waals surface area contributed by atoms with Crippen molar-refractivity contribution in [1.82, 2.24) is 4.90 Å². The van der Waals surface area contributed by atoms with Crippen LogP contribution in [0.5, 0.6) is 0 Å². The van der Waals surface area contributed by atoms with Gasteiger partial charge in [0, 0.05) is 16.6 Å². The second-order valence-corrected chi connectivity index (χ2v) is 13.7. The first-order valence-electron chi connectivity index (χ1n) is 13.8. The van der Waals surface area contributed by atoms with Crippen molar-refractivity contribution in [3.05, 3.63) is 134 Å². The fourth-order valence-corrected chi connectivity index (χ4v) is 8.83. The van der Waals surface area contributed by atoms with Gasteiger partial charge in [-0.05, 0) is 68.4 Å². The lowest BCUT2D eigenvalue weighted by molar-refractivity contribution is -0.146. The van der Waals surface area contributed by atoms with Crippen molar-refractivity contribution in [3.63, 3.8) is 0 Å². The highest BCUT2D eigenvalue weighted by molar-refractivity contribution is 9.10. The van der Waals surface area contributed by atoms with Crippen molar-refractivity contribution in [3.8, 4) is 0 Å². The number of halogens is 4. The molecule has 4 aliphatic rings. The van der Waals surface area contributed by atoms with Crippen LogP contribution >= 0.6 is 50.7 Å². The Kier molecular flexibility index (Phi) is 6.78. The molecule has 2 bridgehead atoms. The average molecular weight is 695 g/mol. The zero-order valence-electron chi connectivity index (χ0n) is 22.8. The van der Waals surface area contributed by atoms with Crippen LogP contribution in [0, 0.1) is 18.8 Å². The predicted octanol–water partition coefficient (Wildman–Crippen LogP) is 7.55. The van der Waals surface area contributed by atoms with Gasteiger partial charge < -0.3 is 5.32 Å². The molecule has 216 valence electrons. The molecule has 4 aromatic carbocycles. The maximum absolute atomic E-state index is 14.6. The Balaban J connectivity index is 1.36. The Bertz CT molecular complexity index is 1720. The van der Waals surface area contributed by atoms with Crippen molar-refractivity contribution in [2.75, 3.05) is 5.32 Å². The summed E-state index contributed by atoms with van der Waals surface area (Å²) in [5.74, 6) is -3.54. The number of imide groups is 1. The second-order valence-electron chi connectivity index (χ2n) is 11.2. The van der Waals surface area contributed by atoms with Crippen LogP contribution in [0.15, 0.2) is 95.5 Å². The summed E-state index contributed by atoms with van der Waals surface area (Å²) in [6.07, 6.45) is 0.109. The molecule has 0 saturated carbocycles. The highest BCUT2D eigenvalue weighted by Gasteiger charge is 2.73. The summed E-state index contributed by atoms with van der Waals surface area (Å²) in [5.41, 5.74) is 4.75. The molecule has 4 aromatic rings. The van der Waals surface area contributed by atoms with Gasteiger partial charge in [-0.15, -0.1) is 23.2 Å². The van der Waals surface area contributed by atoms with E-state index in [1.807, 2.05) is 78.9 Å². The van der Waals surface area contributed by atoms with Gasteiger partial charge in [0.05, 0.1) is 16.9 Å². The zero-order valence-corrected chi connectivity index (χ0v) is 26.6. The quantitative estimate of drug-likeness (QED) is 0.173. The lowest BCUT2D eigenvalue weighted by atomic mass is 9.54. The van der Waals surface area contributed by atoms with Crippen LogP contribution in [0.1, 0.15) is 33.4 Å². The van der Waals surface area contributed by atoms with E-state index in [2.05, 4.69) is 21.2 Å². The van der Waals surface area contributed by atoms with Gasteiger partial charge >= 0.3 is 0 Å². The van der Waals surface area contributed by atoms with Crippen molar-refractivity contribution in [1.29, 1.82) is 0 Å². The van der Waals surface area contributed by atoms with Gasteiger partial charge in [0.1, 0.15) is 15.8 Å². The van der Waals surface area contributed by atoms with Crippen LogP contribution in [0.2, 0.25) is 5.02 Å². The molecule has 0 aromatic heterocycles. The number of amides is 3. The number of rotatable bonds is 5. The van der Waals surface area contributed by atoms with Gasteiger partial charge in [-0.1, -0.05) is 90.5 Å². The van der Waals surface area contributed by atoms with Crippen molar-refractivity contribution in [2.45, 2.75) is 29.1 Å². The lowest BCUT2D eigenvalue weighted by Crippen LogP contribution is -2.57. The summed E-state index contributed by atoms with van der Waals surface area (Å²) < 4.78 is 0.689. The largest absolute Gasteiger partial charge is 0.324 e. The summed E-state index contributed by atoms with van der Waals surface area (Å²) in [6, 6.07) is 26.5. The lowest BCUT2D eigenvalue weighted by Gasteiger charge is -2.54. The number of nitrogens with one attached hydrogen (secondary N) is 1. The van der Waals surface area contributed by atoms with Crippen LogP contribution in [0.25, 0.3) is 0 Å². The van der Waals surface area contributed by atoms with E-state index < -0.39 is 45.3 Å². The molecule has 0 radical (unpaired) electrons. The SMILES string of the molecule is Cc1c(NC(=O)[C@H](Cc2ccccc2)N2C(=O)[C@@H]3[C@H](C2=O)C2(Cl)c4ccccc4C3(Cl)c3ccccc32)ccc(Br)c1Cl. The first-order valence-corrected chi connectivity index (χ1v) is 15.8. The fraction of sp³-hybridized carbons (Fsp3) is 0.206. The van der Waals surface area contributed by atoms with Crippen molar-refractivity contribution >= 4 is 74.1 Å². The minimum Gasteiger partial charge on any atom is -0.324 e. The maximum atomic E-state index is 14.6. The highest BCUT2D eigenvalue weighted by atomic mass is 79.9. The molecule has 8 rings (SSSR count). The Hall–Kier alpha value is -3.16. The molecule has 3 amide bonds. The number of nitrogens with zero attached hydrogens (tertiary/aromatic N) is 1. The van der Waals surface area contributed by atoms with E-state index in [0.29, 0.717) is 43.0 Å². The molecule has 0 spiro atoms. The number of carbonyl (C=O) groups is 3. The molecule has 1 fully saturated rings. The number of hydrogen-bond acceptors (Lipinski definition) is 3. The number of anilines is 1. The van der Waals surface area contributed by atoms with Gasteiger partial charge in [-0.25, -0.2) is 0 Å². The van der Waals surface area contributed by atoms with Gasteiger partial charge in [0.2, 0.25) is 17.7 Å². The Morgan fingerprint density at radius 2 is 1.28 bits per heavy atom. The predicted molar refractivity (Wildman–Crippen MR) is 171 cm³/mol. The van der Waals surface area contributed by atoms with Crippen LogP contribution in [-0.2, 0) is 30.6 Å². The van der Waals surface area contributed by atoms with Gasteiger partial charge in [0.15, 0.2) is 0 Å². The molecule has 5 nitrogen and oxygen atoms in total. The Labute approximate surface area is 272 Å². The third-order valence-electron chi connectivity index (χ3n) is 9.10. The Morgan fingerprint density at radius 3 is 1.77 bits per heavy atom. The summed E-state index contributed by atoms with van der Waals surface area (Å²) in [7, 11) is 0. The van der Waals surface area contributed by atoms with Crippen LogP contribution in [0.4, 0.5) is 5.69 Å². The number of likely N-dealkylation sites (tertiary alicyclic amines) is 1. The third kappa shape index (κ3) is 3.93. The Morgan fingerprint density at radius 1 is 0.814 bits per heavy atom. The van der Waals surface area contributed by atoms with E-state index in [1.165, 1.54) is 0 Å². The second kappa shape index (κ2) is 10.2. The monoisotopic (exact) mass is 692 g/mol. The van der Waals surface area contributed by atoms with E-state index in [1.54, 1.807) is 19.1 Å². The topological polar surface area (TPSA) is 66.5 Å². The maximum Gasteiger partial charge on any atom is 0.248 e. The molecule has 3 atom stereocenters. The van der Waals surface area contributed by atoms with Crippen LogP contribution in [-0.4, -0.2) is 28.7 Å². The average Bonchev–Trinajstić information content (AvgIpc) is 3.30. The standard InChI is InChI=1S/C34H24BrCl3N2O3/c1-18-25(16-15-24(35)29(18)36)39-30(41)26(17-19-9-3-2-4-10-19)40-31(42)27-28(32(40)43)34(38)21-12-6-5-11-20(21)33(27,37)22-13-7-8-14-23(22)34/h2-16,26-28H,17H2,1H3,(H,39,41)/t26-,27-,28+,33?,34?/m0/s1. The zero-order chi connectivity index (χ0) is 30.3. The van der Waals surface area contributed by atoms with Crippen molar-refractivity contribution in [2.24, 2.45) is 11.8 Å². The molecule has 9 heteroatoms. The molecule has 1 saturated heterocycles. The molecular formula is C34H24BrCl3N2O3. The normalized spacial score (nSPS) is 25.7. The van der Waals surface area contributed by atoms with Crippen LogP contribution in [0.3, 0.4) is 0 Å². The van der Waals surface area contributed by atoms with E-state index in [9.17, 15) is 14.4 Å². The summed E-state index contributed by atoms with van der Waals surface area (Å²) >= 11 is 25.0. The third-order valence-corrected chi connectivity index (χ3v) is 11.8. The molecule has 1 N–H and O–H groups in total. The minimum absolute atomic E-state index is 0.109. The first-order chi connectivity index (χ1) is 20.6. The number of benzene rings is 4. The summed E-state index contributed by atoms with van der Waals surface area (Å²) in [6.45, 7) is 1.79. The number of alkyl halides is 2. The smallest absolute Gasteiger partial charge is 0.248 e. The van der Waals surface area contributed by atoms with E-state index in [0.717, 1.165) is 10.5 Å². The molecule has 3 aliphatic carbocycles. The van der Waals surface area contributed by atoms with E-state index in [-0.39, 0.29) is 6.42 Å². The van der Waals surface area contributed by atoms with Gasteiger partial charge in [0.25, 0.3) is 0 Å². The number of carbonyl (C=O) groups excluding carboxylic acids is 3. The van der Waals surface area contributed by atoms with Gasteiger partial charge in [-0.3, -0.25) is 19.3 Å². The molecule has 1 aliphatic heterocycles. The van der Waals surface area contributed by atoms with Crippen molar-refractivity contribution < 1.29 is 14.4 Å². The van der Waals surface area contributed by atoms with E-state index in [4.69, 9.17) is 34.8 Å². The highest BCUT2D eigenvalue weighted by Crippen LogP contribution is 2.69. The molecule has 43 heavy (non-hydrogen) atoms.